The van der Waals surface area contributed by atoms with E-state index >= 15 is 0 Å². The molecular formula is C22H17N5O2S. The highest BCUT2D eigenvalue weighted by Gasteiger charge is 2.15. The molecule has 0 aliphatic carbocycles. The number of hydrogen-bond acceptors (Lipinski definition) is 4. The lowest BCUT2D eigenvalue weighted by atomic mass is 10.2. The normalized spacial score (nSPS) is 11.6. The van der Waals surface area contributed by atoms with E-state index in [2.05, 4.69) is 19.8 Å². The molecule has 0 atom stereocenters. The summed E-state index contributed by atoms with van der Waals surface area (Å²) in [5.41, 5.74) is 3.98. The standard InChI is InChI=1S/C22H17N5O2S/c28-30(29,19-12-10-18(11-13-19)27-15-3-14-23-27)26-17-8-6-16(7-9-17)22-24-20-4-1-2-5-21(20)25-22/h1-15,26H,(H,24,25). The van der Waals surface area contributed by atoms with E-state index in [4.69, 9.17) is 0 Å². The Morgan fingerprint density at radius 2 is 1.63 bits per heavy atom. The van der Waals surface area contributed by atoms with E-state index in [0.717, 1.165) is 28.1 Å². The van der Waals surface area contributed by atoms with Gasteiger partial charge in [0, 0.05) is 23.6 Å². The predicted molar refractivity (Wildman–Crippen MR) is 116 cm³/mol. The molecule has 0 unspecified atom stereocenters. The van der Waals surface area contributed by atoms with E-state index in [1.165, 1.54) is 0 Å². The van der Waals surface area contributed by atoms with Gasteiger partial charge in [0.1, 0.15) is 5.82 Å². The molecule has 0 radical (unpaired) electrons. The number of anilines is 1. The van der Waals surface area contributed by atoms with Crippen molar-refractivity contribution in [2.24, 2.45) is 0 Å². The first-order valence-corrected chi connectivity index (χ1v) is 10.7. The summed E-state index contributed by atoms with van der Waals surface area (Å²) in [5, 5.41) is 4.14. The summed E-state index contributed by atoms with van der Waals surface area (Å²) in [7, 11) is -3.70. The van der Waals surface area contributed by atoms with Crippen molar-refractivity contribution in [3.63, 3.8) is 0 Å². The van der Waals surface area contributed by atoms with Crippen LogP contribution >= 0.6 is 0 Å². The van der Waals surface area contributed by atoms with Crippen molar-refractivity contribution in [2.75, 3.05) is 4.72 Å². The smallest absolute Gasteiger partial charge is 0.261 e. The van der Waals surface area contributed by atoms with Crippen LogP contribution in [0.3, 0.4) is 0 Å². The molecule has 0 spiro atoms. The van der Waals surface area contributed by atoms with Crippen LogP contribution in [0.1, 0.15) is 0 Å². The molecule has 2 heterocycles. The van der Waals surface area contributed by atoms with Crippen molar-refractivity contribution in [3.8, 4) is 17.1 Å². The van der Waals surface area contributed by atoms with Crippen LogP contribution < -0.4 is 4.72 Å². The second-order valence-electron chi connectivity index (χ2n) is 6.73. The molecule has 0 bridgehead atoms. The molecule has 30 heavy (non-hydrogen) atoms. The number of rotatable bonds is 5. The molecule has 148 valence electrons. The number of aromatic nitrogens is 4. The molecule has 0 fully saturated rings. The largest absolute Gasteiger partial charge is 0.338 e. The highest BCUT2D eigenvalue weighted by atomic mass is 32.2. The van der Waals surface area contributed by atoms with Crippen LogP contribution in [-0.2, 0) is 10.0 Å². The average molecular weight is 415 g/mol. The summed E-state index contributed by atoms with van der Waals surface area (Å²) in [4.78, 5) is 8.01. The summed E-state index contributed by atoms with van der Waals surface area (Å²) in [6, 6.07) is 23.2. The topological polar surface area (TPSA) is 92.7 Å². The van der Waals surface area contributed by atoms with Gasteiger partial charge in [0.15, 0.2) is 0 Å². The highest BCUT2D eigenvalue weighted by molar-refractivity contribution is 7.92. The number of aromatic amines is 1. The second kappa shape index (κ2) is 7.16. The van der Waals surface area contributed by atoms with Gasteiger partial charge < -0.3 is 4.98 Å². The van der Waals surface area contributed by atoms with Gasteiger partial charge in [-0.2, -0.15) is 5.10 Å². The lowest BCUT2D eigenvalue weighted by molar-refractivity contribution is 0.601. The highest BCUT2D eigenvalue weighted by Crippen LogP contribution is 2.23. The number of sulfonamides is 1. The zero-order valence-corrected chi connectivity index (χ0v) is 16.5. The van der Waals surface area contributed by atoms with Crippen molar-refractivity contribution in [2.45, 2.75) is 4.90 Å². The predicted octanol–water partition coefficient (Wildman–Crippen LogP) is 4.22. The molecule has 0 saturated carbocycles. The van der Waals surface area contributed by atoms with Gasteiger partial charge in [0.2, 0.25) is 0 Å². The summed E-state index contributed by atoms with van der Waals surface area (Å²) in [6.45, 7) is 0. The number of fused-ring (bicyclic) bond motifs is 1. The van der Waals surface area contributed by atoms with Gasteiger partial charge in [0.05, 0.1) is 21.6 Å². The Balaban J connectivity index is 1.35. The third-order valence-corrected chi connectivity index (χ3v) is 6.11. The van der Waals surface area contributed by atoms with Crippen molar-refractivity contribution in [1.29, 1.82) is 0 Å². The average Bonchev–Trinajstić information content (AvgIpc) is 3.44. The van der Waals surface area contributed by atoms with Gasteiger partial charge in [-0.1, -0.05) is 12.1 Å². The molecule has 0 saturated heterocycles. The van der Waals surface area contributed by atoms with E-state index < -0.39 is 10.0 Å². The molecule has 7 nitrogen and oxygen atoms in total. The van der Waals surface area contributed by atoms with Gasteiger partial charge in [-0.3, -0.25) is 4.72 Å². The number of benzene rings is 3. The van der Waals surface area contributed by atoms with Crippen molar-refractivity contribution >= 4 is 26.7 Å². The summed E-state index contributed by atoms with van der Waals surface area (Å²) >= 11 is 0. The summed E-state index contributed by atoms with van der Waals surface area (Å²) < 4.78 is 29.7. The molecule has 2 N–H and O–H groups in total. The van der Waals surface area contributed by atoms with Crippen molar-refractivity contribution in [3.05, 3.63) is 91.3 Å². The molecule has 0 aliphatic rings. The maximum atomic E-state index is 12.7. The second-order valence-corrected chi connectivity index (χ2v) is 8.41. The lowest BCUT2D eigenvalue weighted by Gasteiger charge is -2.09. The SMILES string of the molecule is O=S(=O)(Nc1ccc(-c2nc3ccccc3[nH]2)cc1)c1ccc(-n2cccn2)cc1. The van der Waals surface area contributed by atoms with Crippen LogP contribution in [0.15, 0.2) is 96.2 Å². The van der Waals surface area contributed by atoms with Crippen LogP contribution in [-0.4, -0.2) is 28.2 Å². The van der Waals surface area contributed by atoms with Gasteiger partial charge in [0.25, 0.3) is 10.0 Å². The third-order valence-electron chi connectivity index (χ3n) is 4.72. The zero-order valence-electron chi connectivity index (χ0n) is 15.7. The minimum atomic E-state index is -3.70. The fourth-order valence-corrected chi connectivity index (χ4v) is 4.26. The Morgan fingerprint density at radius 3 is 2.33 bits per heavy atom. The maximum absolute atomic E-state index is 12.7. The van der Waals surface area contributed by atoms with E-state index in [1.807, 2.05) is 36.4 Å². The fourth-order valence-electron chi connectivity index (χ4n) is 3.20. The first-order chi connectivity index (χ1) is 14.6. The Kier molecular flexibility index (Phi) is 4.33. The first-order valence-electron chi connectivity index (χ1n) is 9.27. The number of H-pyrrole nitrogens is 1. The monoisotopic (exact) mass is 415 g/mol. The number of para-hydroxylation sites is 2. The summed E-state index contributed by atoms with van der Waals surface area (Å²) in [5.74, 6) is 0.736. The number of imidazole rings is 1. The van der Waals surface area contributed by atoms with E-state index in [1.54, 1.807) is 59.5 Å². The third kappa shape index (κ3) is 3.44. The van der Waals surface area contributed by atoms with Crippen LogP contribution in [0.5, 0.6) is 0 Å². The quantitative estimate of drug-likeness (QED) is 0.450. The summed E-state index contributed by atoms with van der Waals surface area (Å²) in [6.07, 6.45) is 3.46. The Bertz CT molecular complexity index is 1370. The number of nitrogens with zero attached hydrogens (tertiary/aromatic N) is 3. The van der Waals surface area contributed by atoms with Gasteiger partial charge in [-0.25, -0.2) is 18.1 Å². The molecule has 5 rings (SSSR count). The molecule has 0 aliphatic heterocycles. The van der Waals surface area contributed by atoms with Crippen LogP contribution in [0.25, 0.3) is 28.1 Å². The van der Waals surface area contributed by atoms with Crippen molar-refractivity contribution in [1.82, 2.24) is 19.7 Å². The minimum absolute atomic E-state index is 0.180. The molecule has 3 aromatic carbocycles. The van der Waals surface area contributed by atoms with E-state index in [9.17, 15) is 8.42 Å². The first kappa shape index (κ1) is 18.1. The molecular weight excluding hydrogens is 398 g/mol. The molecule has 0 amide bonds. The molecule has 8 heteroatoms. The minimum Gasteiger partial charge on any atom is -0.338 e. The van der Waals surface area contributed by atoms with Crippen molar-refractivity contribution < 1.29 is 8.42 Å². The van der Waals surface area contributed by atoms with E-state index in [-0.39, 0.29) is 4.90 Å². The van der Waals surface area contributed by atoms with Gasteiger partial charge in [-0.05, 0) is 66.7 Å². The van der Waals surface area contributed by atoms with Gasteiger partial charge in [-0.15, -0.1) is 0 Å². The van der Waals surface area contributed by atoms with Crippen LogP contribution in [0, 0.1) is 0 Å². The Labute approximate surface area is 173 Å². The fraction of sp³-hybridized carbons (Fsp3) is 0. The number of hydrogen-bond donors (Lipinski definition) is 2. The number of nitrogens with one attached hydrogen (secondary N) is 2. The van der Waals surface area contributed by atoms with E-state index in [0.29, 0.717) is 5.69 Å². The zero-order chi connectivity index (χ0) is 20.6. The Morgan fingerprint density at radius 1 is 0.867 bits per heavy atom. The van der Waals surface area contributed by atoms with Gasteiger partial charge >= 0.3 is 0 Å². The Hall–Kier alpha value is -3.91. The molecule has 5 aromatic rings. The lowest BCUT2D eigenvalue weighted by Crippen LogP contribution is -2.13. The molecule has 2 aromatic heterocycles. The maximum Gasteiger partial charge on any atom is 0.261 e. The van der Waals surface area contributed by atoms with Crippen LogP contribution in [0.4, 0.5) is 5.69 Å². The van der Waals surface area contributed by atoms with Crippen LogP contribution in [0.2, 0.25) is 0 Å².